The molecule has 0 rings (SSSR count). The molecular formula is C17H30O3. The highest BCUT2D eigenvalue weighted by Crippen LogP contribution is 2.12. The van der Waals surface area contributed by atoms with Gasteiger partial charge < -0.3 is 10.2 Å². The summed E-state index contributed by atoms with van der Waals surface area (Å²) in [4.78, 5) is 10.2. The molecule has 0 fully saturated rings. The Balaban J connectivity index is 3.29. The van der Waals surface area contributed by atoms with E-state index in [-0.39, 0.29) is 6.10 Å². The summed E-state index contributed by atoms with van der Waals surface area (Å²) in [7, 11) is 0. The van der Waals surface area contributed by atoms with Gasteiger partial charge in [-0.05, 0) is 25.7 Å². The van der Waals surface area contributed by atoms with E-state index in [1.807, 2.05) is 6.08 Å². The second-order valence-corrected chi connectivity index (χ2v) is 5.27. The summed E-state index contributed by atoms with van der Waals surface area (Å²) in [5, 5.41) is 18.1. The van der Waals surface area contributed by atoms with E-state index in [4.69, 9.17) is 5.11 Å². The Labute approximate surface area is 123 Å². The van der Waals surface area contributed by atoms with E-state index >= 15 is 0 Å². The van der Waals surface area contributed by atoms with Gasteiger partial charge in [0.2, 0.25) is 0 Å². The smallest absolute Gasteiger partial charge is 0.328 e. The third-order valence-corrected chi connectivity index (χ3v) is 3.29. The number of allylic oxidation sites excluding steroid dienone is 3. The molecule has 0 radical (unpaired) electrons. The number of aliphatic hydroxyl groups excluding tert-OH is 1. The Bertz CT molecular complexity index is 282. The lowest BCUT2D eigenvalue weighted by molar-refractivity contribution is -0.131. The van der Waals surface area contributed by atoms with Crippen molar-refractivity contribution in [3.05, 3.63) is 24.3 Å². The van der Waals surface area contributed by atoms with Crippen molar-refractivity contribution in [2.24, 2.45) is 0 Å². The zero-order valence-electron chi connectivity index (χ0n) is 12.8. The number of rotatable bonds is 13. The first-order valence-electron chi connectivity index (χ1n) is 7.91. The van der Waals surface area contributed by atoms with Crippen LogP contribution in [-0.4, -0.2) is 22.3 Å². The average molecular weight is 282 g/mol. The molecule has 1 atom stereocenters. The lowest BCUT2D eigenvalue weighted by Gasteiger charge is -2.09. The van der Waals surface area contributed by atoms with Crippen LogP contribution in [0, 0.1) is 0 Å². The summed E-state index contributed by atoms with van der Waals surface area (Å²) >= 11 is 0. The number of aliphatic hydroxyl groups is 1. The summed E-state index contributed by atoms with van der Waals surface area (Å²) in [6, 6.07) is 0. The topological polar surface area (TPSA) is 57.5 Å². The summed E-state index contributed by atoms with van der Waals surface area (Å²) in [5.74, 6) is -0.910. The van der Waals surface area contributed by atoms with Crippen molar-refractivity contribution in [3.8, 4) is 0 Å². The van der Waals surface area contributed by atoms with Crippen molar-refractivity contribution in [3.63, 3.8) is 0 Å². The van der Waals surface area contributed by atoms with Crippen LogP contribution in [0.2, 0.25) is 0 Å². The van der Waals surface area contributed by atoms with Crippen LogP contribution in [0.25, 0.3) is 0 Å². The number of aliphatic carboxylic acids is 1. The van der Waals surface area contributed by atoms with Gasteiger partial charge in [-0.25, -0.2) is 4.79 Å². The van der Waals surface area contributed by atoms with Crippen LogP contribution in [0.15, 0.2) is 24.3 Å². The molecule has 3 heteroatoms. The molecule has 3 nitrogen and oxygen atoms in total. The molecule has 20 heavy (non-hydrogen) atoms. The lowest BCUT2D eigenvalue weighted by atomic mass is 10.0. The Morgan fingerprint density at radius 3 is 2.30 bits per heavy atom. The first-order chi connectivity index (χ1) is 9.66. The third-order valence-electron chi connectivity index (χ3n) is 3.29. The normalized spacial score (nSPS) is 13.3. The molecule has 0 saturated heterocycles. The highest BCUT2D eigenvalue weighted by atomic mass is 16.4. The Morgan fingerprint density at radius 2 is 1.65 bits per heavy atom. The van der Waals surface area contributed by atoms with Gasteiger partial charge in [-0.15, -0.1) is 0 Å². The summed E-state index contributed by atoms with van der Waals surface area (Å²) in [6.07, 6.45) is 17.4. The molecule has 1 unspecified atom stereocenters. The fraction of sp³-hybridized carbons (Fsp3) is 0.706. The molecule has 0 saturated carbocycles. The van der Waals surface area contributed by atoms with Gasteiger partial charge in [-0.1, -0.05) is 63.7 Å². The molecule has 0 heterocycles. The van der Waals surface area contributed by atoms with Crippen molar-refractivity contribution in [2.45, 2.75) is 77.2 Å². The molecule has 0 amide bonds. The monoisotopic (exact) mass is 282 g/mol. The lowest BCUT2D eigenvalue weighted by Crippen LogP contribution is -2.05. The van der Waals surface area contributed by atoms with Crippen LogP contribution < -0.4 is 0 Å². The minimum Gasteiger partial charge on any atom is -0.478 e. The van der Waals surface area contributed by atoms with Crippen molar-refractivity contribution in [2.75, 3.05) is 0 Å². The van der Waals surface area contributed by atoms with Crippen molar-refractivity contribution < 1.29 is 15.0 Å². The minimum atomic E-state index is -0.910. The van der Waals surface area contributed by atoms with Gasteiger partial charge in [0.15, 0.2) is 0 Å². The Kier molecular flexibility index (Phi) is 13.5. The summed E-state index contributed by atoms with van der Waals surface area (Å²) < 4.78 is 0. The van der Waals surface area contributed by atoms with Gasteiger partial charge in [0.05, 0.1) is 6.10 Å². The zero-order valence-corrected chi connectivity index (χ0v) is 12.8. The van der Waals surface area contributed by atoms with Crippen molar-refractivity contribution >= 4 is 5.97 Å². The molecule has 0 spiro atoms. The maximum Gasteiger partial charge on any atom is 0.328 e. The predicted octanol–water partition coefficient (Wildman–Crippen LogP) is 4.47. The van der Waals surface area contributed by atoms with Crippen LogP contribution in [0.4, 0.5) is 0 Å². The Morgan fingerprint density at radius 1 is 1.00 bits per heavy atom. The van der Waals surface area contributed by atoms with E-state index in [1.165, 1.54) is 25.7 Å². The van der Waals surface area contributed by atoms with Crippen LogP contribution >= 0.6 is 0 Å². The zero-order chi connectivity index (χ0) is 15.1. The maximum atomic E-state index is 10.2. The van der Waals surface area contributed by atoms with Gasteiger partial charge >= 0.3 is 5.97 Å². The molecule has 0 aromatic rings. The highest BCUT2D eigenvalue weighted by Gasteiger charge is 2.02. The van der Waals surface area contributed by atoms with Crippen LogP contribution in [0.3, 0.4) is 0 Å². The minimum absolute atomic E-state index is 0.109. The van der Waals surface area contributed by atoms with Gasteiger partial charge in [0.25, 0.3) is 0 Å². The number of hydrogen-bond acceptors (Lipinski definition) is 2. The Hall–Kier alpha value is -1.09. The van der Waals surface area contributed by atoms with Gasteiger partial charge in [-0.2, -0.15) is 0 Å². The number of hydrogen-bond donors (Lipinski definition) is 2. The fourth-order valence-electron chi connectivity index (χ4n) is 2.08. The van der Waals surface area contributed by atoms with E-state index in [1.54, 1.807) is 12.2 Å². The molecule has 0 aliphatic rings. The number of carboxylic acid groups (broad SMARTS) is 1. The molecular weight excluding hydrogens is 252 g/mol. The second kappa shape index (κ2) is 14.3. The molecule has 0 aliphatic heterocycles. The van der Waals surface area contributed by atoms with E-state index in [9.17, 15) is 9.90 Å². The fourth-order valence-corrected chi connectivity index (χ4v) is 2.08. The number of unbranched alkanes of at least 4 members (excludes halogenated alkanes) is 6. The number of carboxylic acids is 1. The van der Waals surface area contributed by atoms with Gasteiger partial charge in [0.1, 0.15) is 0 Å². The van der Waals surface area contributed by atoms with E-state index < -0.39 is 5.97 Å². The SMILES string of the molecule is CCCCCC(O)CCCCCCC=CC=CC(=O)O. The third kappa shape index (κ3) is 15.0. The molecule has 0 bridgehead atoms. The van der Waals surface area contributed by atoms with Crippen LogP contribution in [0.1, 0.15) is 71.1 Å². The first-order valence-corrected chi connectivity index (χ1v) is 7.91. The average Bonchev–Trinajstić information content (AvgIpc) is 2.41. The largest absolute Gasteiger partial charge is 0.478 e. The van der Waals surface area contributed by atoms with E-state index in [0.29, 0.717) is 0 Å². The molecule has 2 N–H and O–H groups in total. The van der Waals surface area contributed by atoms with Crippen molar-refractivity contribution in [1.29, 1.82) is 0 Å². The predicted molar refractivity (Wildman–Crippen MR) is 83.8 cm³/mol. The first kappa shape index (κ1) is 18.9. The molecule has 0 aliphatic carbocycles. The van der Waals surface area contributed by atoms with Gasteiger partial charge in [-0.3, -0.25) is 0 Å². The summed E-state index contributed by atoms with van der Waals surface area (Å²) in [5.41, 5.74) is 0. The highest BCUT2D eigenvalue weighted by molar-refractivity contribution is 5.80. The van der Waals surface area contributed by atoms with Crippen LogP contribution in [0.5, 0.6) is 0 Å². The van der Waals surface area contributed by atoms with Crippen molar-refractivity contribution in [1.82, 2.24) is 0 Å². The summed E-state index contributed by atoms with van der Waals surface area (Å²) in [6.45, 7) is 2.18. The standard InChI is InChI=1S/C17H30O3/c1-2-3-10-13-16(18)14-11-8-6-4-5-7-9-12-15-17(19)20/h7,9,12,15-16,18H,2-6,8,10-11,13-14H2,1H3,(H,19,20). The molecule has 0 aromatic heterocycles. The van der Waals surface area contributed by atoms with Gasteiger partial charge in [0, 0.05) is 6.08 Å². The van der Waals surface area contributed by atoms with E-state index in [0.717, 1.165) is 44.6 Å². The second-order valence-electron chi connectivity index (χ2n) is 5.27. The van der Waals surface area contributed by atoms with E-state index in [2.05, 4.69) is 6.92 Å². The number of carbonyl (C=O) groups is 1. The molecule has 0 aromatic carbocycles. The molecule has 116 valence electrons. The maximum absolute atomic E-state index is 10.2. The van der Waals surface area contributed by atoms with Crippen LogP contribution in [-0.2, 0) is 4.79 Å². The quantitative estimate of drug-likeness (QED) is 0.298.